The van der Waals surface area contributed by atoms with Crippen molar-refractivity contribution in [2.24, 2.45) is 4.99 Å². The zero-order chi connectivity index (χ0) is 35.7. The van der Waals surface area contributed by atoms with E-state index in [9.17, 15) is 17.6 Å². The molecule has 0 radical (unpaired) electrons. The molecule has 2 heterocycles. The van der Waals surface area contributed by atoms with E-state index in [1.165, 1.54) is 33.3 Å². The Morgan fingerprint density at radius 3 is 1.86 bits per heavy atom. The summed E-state index contributed by atoms with van der Waals surface area (Å²) in [7, 11) is 3.01. The highest BCUT2D eigenvalue weighted by Crippen LogP contribution is 2.45. The number of benzene rings is 4. The lowest BCUT2D eigenvalue weighted by molar-refractivity contribution is -0.209. The molecule has 258 valence electrons. The van der Waals surface area contributed by atoms with Crippen LogP contribution in [0.4, 0.5) is 26.3 Å². The number of hydrogen-bond donors (Lipinski definition) is 1. The number of rotatable bonds is 8. The van der Waals surface area contributed by atoms with E-state index in [0.717, 1.165) is 12.3 Å². The summed E-state index contributed by atoms with van der Waals surface area (Å²) in [5.74, 6) is -2.25. The van der Waals surface area contributed by atoms with Crippen LogP contribution in [-0.2, 0) is 15.8 Å². The molecule has 0 unspecified atom stereocenters. The molecule has 1 aromatic heterocycles. The Morgan fingerprint density at radius 2 is 1.32 bits per heavy atom. The maximum Gasteiger partial charge on any atom is 0.425 e. The van der Waals surface area contributed by atoms with Gasteiger partial charge in [-0.15, -0.1) is 0 Å². The minimum Gasteiger partial charge on any atom is -0.497 e. The van der Waals surface area contributed by atoms with Gasteiger partial charge in [0.2, 0.25) is 5.95 Å². The van der Waals surface area contributed by atoms with Crippen molar-refractivity contribution in [3.63, 3.8) is 0 Å². The summed E-state index contributed by atoms with van der Waals surface area (Å²) >= 11 is 0. The predicted molar refractivity (Wildman–Crippen MR) is 175 cm³/mol. The molecule has 5 aromatic rings. The minimum atomic E-state index is -4.92. The second-order valence-electron chi connectivity index (χ2n) is 11.9. The molecule has 50 heavy (non-hydrogen) atoms. The standard InChI is InChI=1S/C38H31F6N3O3/c1-36(30-20-29(31(39)21-32(30)40)28-10-7-19-45-34(28)41)22-33(38(42,43)44)50-35(46-36)47-37(23-8-5-4-6-9-23,24-11-15-26(48-2)16-12-24)25-13-17-27(49-3)18-14-25/h4-21,33H,22H2,1-3H3,(H,46,47)/t33-,36-/m0/s1. The number of hydrogen-bond acceptors (Lipinski definition) is 6. The van der Waals surface area contributed by atoms with Crippen molar-refractivity contribution in [3.05, 3.63) is 149 Å². The van der Waals surface area contributed by atoms with Crippen LogP contribution in [0, 0.1) is 17.6 Å². The van der Waals surface area contributed by atoms with E-state index in [-0.39, 0.29) is 11.1 Å². The lowest BCUT2D eigenvalue weighted by atomic mass is 9.77. The molecule has 0 aliphatic carbocycles. The van der Waals surface area contributed by atoms with Crippen molar-refractivity contribution >= 4 is 6.02 Å². The van der Waals surface area contributed by atoms with E-state index in [2.05, 4.69) is 15.3 Å². The van der Waals surface area contributed by atoms with Gasteiger partial charge in [-0.1, -0.05) is 54.6 Å². The van der Waals surface area contributed by atoms with E-state index in [1.54, 1.807) is 78.9 Å². The van der Waals surface area contributed by atoms with Crippen LogP contribution in [0.1, 0.15) is 35.6 Å². The van der Waals surface area contributed by atoms with Crippen LogP contribution in [0.3, 0.4) is 0 Å². The lowest BCUT2D eigenvalue weighted by Gasteiger charge is -2.42. The molecule has 0 saturated carbocycles. The van der Waals surface area contributed by atoms with Gasteiger partial charge in [0.25, 0.3) is 6.02 Å². The zero-order valence-corrected chi connectivity index (χ0v) is 27.1. The van der Waals surface area contributed by atoms with Gasteiger partial charge in [0.1, 0.15) is 28.7 Å². The van der Waals surface area contributed by atoms with Crippen LogP contribution >= 0.6 is 0 Å². The second-order valence-corrected chi connectivity index (χ2v) is 11.9. The monoisotopic (exact) mass is 691 g/mol. The Kier molecular flexibility index (Phi) is 9.21. The molecule has 0 saturated heterocycles. The predicted octanol–water partition coefficient (Wildman–Crippen LogP) is 8.69. The average Bonchev–Trinajstić information content (AvgIpc) is 3.11. The van der Waals surface area contributed by atoms with Crippen LogP contribution in [-0.4, -0.2) is 37.5 Å². The fourth-order valence-corrected chi connectivity index (χ4v) is 6.25. The number of pyridine rings is 1. The van der Waals surface area contributed by atoms with Crippen molar-refractivity contribution in [1.29, 1.82) is 0 Å². The van der Waals surface area contributed by atoms with Gasteiger partial charge < -0.3 is 19.5 Å². The van der Waals surface area contributed by atoms with E-state index >= 15 is 8.78 Å². The molecular weight excluding hydrogens is 660 g/mol. The number of aromatic nitrogens is 1. The van der Waals surface area contributed by atoms with Crippen molar-refractivity contribution in [2.45, 2.75) is 36.7 Å². The van der Waals surface area contributed by atoms with Crippen LogP contribution in [0.5, 0.6) is 11.5 Å². The first kappa shape index (κ1) is 34.3. The van der Waals surface area contributed by atoms with Gasteiger partial charge in [-0.05, 0) is 66.1 Å². The minimum absolute atomic E-state index is 0.293. The summed E-state index contributed by atoms with van der Waals surface area (Å²) in [6.45, 7) is 1.29. The molecule has 6 rings (SSSR count). The number of halogens is 6. The largest absolute Gasteiger partial charge is 0.497 e. The van der Waals surface area contributed by atoms with Gasteiger partial charge in [-0.25, -0.2) is 18.8 Å². The number of methoxy groups -OCH3 is 2. The molecule has 12 heteroatoms. The van der Waals surface area contributed by atoms with E-state index in [4.69, 9.17) is 14.2 Å². The maximum absolute atomic E-state index is 15.7. The Hall–Kier alpha value is -5.52. The Labute approximate surface area is 284 Å². The fraction of sp³-hybridized carbons (Fsp3) is 0.211. The molecular formula is C38H31F6N3O3. The normalized spacial score (nSPS) is 17.8. The molecule has 0 amide bonds. The summed E-state index contributed by atoms with van der Waals surface area (Å²) in [4.78, 5) is 8.12. The van der Waals surface area contributed by atoms with E-state index in [0.29, 0.717) is 34.3 Å². The van der Waals surface area contributed by atoms with Crippen LogP contribution in [0.2, 0.25) is 0 Å². The maximum atomic E-state index is 15.7. The first-order chi connectivity index (χ1) is 23.9. The summed E-state index contributed by atoms with van der Waals surface area (Å²) in [6.07, 6.45) is -7.09. The highest BCUT2D eigenvalue weighted by Gasteiger charge is 2.52. The smallest absolute Gasteiger partial charge is 0.425 e. The zero-order valence-electron chi connectivity index (χ0n) is 27.1. The molecule has 6 nitrogen and oxygen atoms in total. The van der Waals surface area contributed by atoms with E-state index < -0.39 is 58.9 Å². The van der Waals surface area contributed by atoms with Crippen LogP contribution < -0.4 is 14.8 Å². The molecule has 0 spiro atoms. The van der Waals surface area contributed by atoms with Crippen LogP contribution in [0.15, 0.2) is 114 Å². The van der Waals surface area contributed by atoms with Gasteiger partial charge in [0.15, 0.2) is 6.10 Å². The number of ether oxygens (including phenoxy) is 3. The Morgan fingerprint density at radius 1 is 0.740 bits per heavy atom. The Bertz CT molecular complexity index is 1960. The Balaban J connectivity index is 1.58. The quantitative estimate of drug-likeness (QED) is 0.100. The molecule has 1 aliphatic rings. The van der Waals surface area contributed by atoms with Gasteiger partial charge in [0.05, 0.1) is 19.8 Å². The number of nitrogens with zero attached hydrogens (tertiary/aromatic N) is 2. The molecule has 0 bridgehead atoms. The van der Waals surface area contributed by atoms with Gasteiger partial charge in [-0.2, -0.15) is 17.6 Å². The first-order valence-electron chi connectivity index (χ1n) is 15.4. The summed E-state index contributed by atoms with van der Waals surface area (Å²) in [6, 6.07) is 26.3. The van der Waals surface area contributed by atoms with Gasteiger partial charge in [0, 0.05) is 35.4 Å². The van der Waals surface area contributed by atoms with Crippen LogP contribution in [0.25, 0.3) is 11.1 Å². The van der Waals surface area contributed by atoms with Gasteiger partial charge >= 0.3 is 6.18 Å². The first-order valence-corrected chi connectivity index (χ1v) is 15.4. The van der Waals surface area contributed by atoms with Crippen molar-refractivity contribution in [3.8, 4) is 22.6 Å². The third-order valence-electron chi connectivity index (χ3n) is 8.78. The number of nitrogens with one attached hydrogen (secondary N) is 1. The number of alkyl halides is 3. The van der Waals surface area contributed by atoms with Crippen molar-refractivity contribution in [2.75, 3.05) is 14.2 Å². The number of aliphatic imine (C=N–C) groups is 1. The third kappa shape index (κ3) is 6.45. The summed E-state index contributed by atoms with van der Waals surface area (Å²) in [5, 5.41) is 3.19. The molecule has 1 N–H and O–H groups in total. The molecule has 4 aromatic carbocycles. The van der Waals surface area contributed by atoms with Gasteiger partial charge in [-0.3, -0.25) is 0 Å². The average molecular weight is 692 g/mol. The SMILES string of the molecule is COc1ccc(C(NC2=N[C@](C)(c3cc(-c4cccnc4F)c(F)cc3F)C[C@@H](C(F)(F)F)O2)(c2ccccc2)c2ccc(OC)cc2)cc1. The summed E-state index contributed by atoms with van der Waals surface area (Å²) in [5.41, 5.74) is -2.76. The molecule has 1 aliphatic heterocycles. The highest BCUT2D eigenvalue weighted by molar-refractivity contribution is 5.79. The topological polar surface area (TPSA) is 65.0 Å². The third-order valence-corrected chi connectivity index (χ3v) is 8.78. The second kappa shape index (κ2) is 13.4. The van der Waals surface area contributed by atoms with Crippen molar-refractivity contribution < 1.29 is 40.6 Å². The highest BCUT2D eigenvalue weighted by atomic mass is 19.4. The molecule has 0 fully saturated rings. The van der Waals surface area contributed by atoms with Crippen molar-refractivity contribution in [1.82, 2.24) is 10.3 Å². The summed E-state index contributed by atoms with van der Waals surface area (Å²) < 4.78 is 106. The lowest BCUT2D eigenvalue weighted by Crippen LogP contribution is -2.54. The molecule has 2 atom stereocenters. The van der Waals surface area contributed by atoms with E-state index in [1.807, 2.05) is 0 Å². The number of amidine groups is 1. The fourth-order valence-electron chi connectivity index (χ4n) is 6.25.